The van der Waals surface area contributed by atoms with Gasteiger partial charge in [0.15, 0.2) is 0 Å². The number of nitrogens with zero attached hydrogens (tertiary/aromatic N) is 2. The summed E-state index contributed by atoms with van der Waals surface area (Å²) in [7, 11) is 0. The summed E-state index contributed by atoms with van der Waals surface area (Å²) in [6, 6.07) is 30.7. The molecule has 0 aliphatic heterocycles. The first-order valence-corrected chi connectivity index (χ1v) is 11.9. The SMILES string of the molecule is NCc1cccc(C(=O)Nc2ccc(Nc3cc(-c4cccc5c4oc4ccccc45)ncn3)cc2)c1. The number of carbonyl (C=O) groups is 1. The number of benzene rings is 4. The molecular weight excluding hydrogens is 462 g/mol. The maximum absolute atomic E-state index is 12.6. The van der Waals surface area contributed by atoms with E-state index in [-0.39, 0.29) is 5.91 Å². The van der Waals surface area contributed by atoms with Crippen molar-refractivity contribution in [3.05, 3.63) is 115 Å². The second-order valence-electron chi connectivity index (χ2n) is 8.63. The number of nitrogens with two attached hydrogens (primary N) is 1. The lowest BCUT2D eigenvalue weighted by Crippen LogP contribution is -2.12. The number of para-hydroxylation sites is 2. The van der Waals surface area contributed by atoms with Gasteiger partial charge < -0.3 is 20.8 Å². The van der Waals surface area contributed by atoms with Crippen LogP contribution in [0.2, 0.25) is 0 Å². The average Bonchev–Trinajstić information content (AvgIpc) is 3.33. The molecule has 0 aliphatic carbocycles. The highest BCUT2D eigenvalue weighted by atomic mass is 16.3. The molecule has 6 aromatic rings. The fraction of sp³-hybridized carbons (Fsp3) is 0.0333. The second kappa shape index (κ2) is 9.56. The zero-order valence-electron chi connectivity index (χ0n) is 19.8. The van der Waals surface area contributed by atoms with E-state index in [1.54, 1.807) is 12.1 Å². The molecular formula is C30H23N5O2. The molecule has 7 heteroatoms. The van der Waals surface area contributed by atoms with Crippen LogP contribution in [0.15, 0.2) is 108 Å². The van der Waals surface area contributed by atoms with E-state index < -0.39 is 0 Å². The number of furan rings is 1. The van der Waals surface area contributed by atoms with Crippen molar-refractivity contribution in [3.8, 4) is 11.3 Å². The Morgan fingerprint density at radius 3 is 2.46 bits per heavy atom. The third-order valence-electron chi connectivity index (χ3n) is 6.19. The van der Waals surface area contributed by atoms with E-state index in [9.17, 15) is 4.79 Å². The van der Waals surface area contributed by atoms with Gasteiger partial charge in [-0.15, -0.1) is 0 Å². The van der Waals surface area contributed by atoms with Crippen LogP contribution in [0.1, 0.15) is 15.9 Å². The maximum Gasteiger partial charge on any atom is 0.255 e. The van der Waals surface area contributed by atoms with Crippen LogP contribution in [-0.4, -0.2) is 15.9 Å². The molecule has 1 amide bonds. The topological polar surface area (TPSA) is 106 Å². The number of rotatable bonds is 6. The predicted molar refractivity (Wildman–Crippen MR) is 147 cm³/mol. The number of anilines is 3. The van der Waals surface area contributed by atoms with Crippen molar-refractivity contribution in [2.45, 2.75) is 6.54 Å². The van der Waals surface area contributed by atoms with Gasteiger partial charge in [0.2, 0.25) is 0 Å². The zero-order valence-corrected chi connectivity index (χ0v) is 19.8. The zero-order chi connectivity index (χ0) is 25.2. The molecule has 2 aromatic heterocycles. The molecule has 2 heterocycles. The van der Waals surface area contributed by atoms with Gasteiger partial charge >= 0.3 is 0 Å². The lowest BCUT2D eigenvalue weighted by atomic mass is 10.1. The first-order valence-electron chi connectivity index (χ1n) is 11.9. The summed E-state index contributed by atoms with van der Waals surface area (Å²) in [5, 5.41) is 8.35. The Morgan fingerprint density at radius 2 is 1.59 bits per heavy atom. The van der Waals surface area contributed by atoms with Gasteiger partial charge in [0.05, 0.1) is 5.69 Å². The third kappa shape index (κ3) is 4.51. The van der Waals surface area contributed by atoms with E-state index in [2.05, 4.69) is 32.7 Å². The number of carbonyl (C=O) groups excluding carboxylic acids is 1. The molecule has 0 radical (unpaired) electrons. The van der Waals surface area contributed by atoms with Crippen LogP contribution >= 0.6 is 0 Å². The van der Waals surface area contributed by atoms with Crippen molar-refractivity contribution in [1.29, 1.82) is 0 Å². The second-order valence-corrected chi connectivity index (χ2v) is 8.63. The molecule has 0 atom stereocenters. The van der Waals surface area contributed by atoms with Crippen molar-refractivity contribution in [2.24, 2.45) is 5.73 Å². The number of hydrogen-bond acceptors (Lipinski definition) is 6. The molecule has 0 saturated heterocycles. The summed E-state index contributed by atoms with van der Waals surface area (Å²) in [6.07, 6.45) is 1.53. The fourth-order valence-electron chi connectivity index (χ4n) is 4.35. The number of aromatic nitrogens is 2. The van der Waals surface area contributed by atoms with E-state index in [0.29, 0.717) is 23.6 Å². The van der Waals surface area contributed by atoms with Gasteiger partial charge in [-0.1, -0.05) is 42.5 Å². The van der Waals surface area contributed by atoms with Crippen molar-refractivity contribution < 1.29 is 9.21 Å². The summed E-state index contributed by atoms with van der Waals surface area (Å²) >= 11 is 0. The van der Waals surface area contributed by atoms with Gasteiger partial charge in [0, 0.05) is 45.9 Å². The maximum atomic E-state index is 12.6. The molecule has 6 rings (SSSR count). The van der Waals surface area contributed by atoms with Gasteiger partial charge in [-0.2, -0.15) is 0 Å². The quantitative estimate of drug-likeness (QED) is 0.249. The predicted octanol–water partition coefficient (Wildman–Crippen LogP) is 6.50. The van der Waals surface area contributed by atoms with E-state index >= 15 is 0 Å². The Balaban J connectivity index is 1.21. The van der Waals surface area contributed by atoms with Crippen LogP contribution in [0.3, 0.4) is 0 Å². The molecule has 0 bridgehead atoms. The minimum absolute atomic E-state index is 0.184. The molecule has 4 aromatic carbocycles. The Kier molecular flexibility index (Phi) is 5.80. The van der Waals surface area contributed by atoms with Crippen molar-refractivity contribution in [2.75, 3.05) is 10.6 Å². The van der Waals surface area contributed by atoms with Gasteiger partial charge in [0.1, 0.15) is 23.3 Å². The first-order chi connectivity index (χ1) is 18.2. The summed E-state index contributed by atoms with van der Waals surface area (Å²) in [5.41, 5.74) is 12.0. The highest BCUT2D eigenvalue weighted by Gasteiger charge is 2.13. The molecule has 180 valence electrons. The number of nitrogens with one attached hydrogen (secondary N) is 2. The molecule has 0 fully saturated rings. The highest BCUT2D eigenvalue weighted by molar-refractivity contribution is 6.09. The largest absolute Gasteiger partial charge is 0.455 e. The average molecular weight is 486 g/mol. The number of fused-ring (bicyclic) bond motifs is 3. The van der Waals surface area contributed by atoms with Gasteiger partial charge in [0.25, 0.3) is 5.91 Å². The molecule has 0 unspecified atom stereocenters. The van der Waals surface area contributed by atoms with E-state index in [4.69, 9.17) is 10.2 Å². The monoisotopic (exact) mass is 485 g/mol. The summed E-state index contributed by atoms with van der Waals surface area (Å²) in [4.78, 5) is 21.5. The molecule has 0 saturated carbocycles. The fourth-order valence-corrected chi connectivity index (χ4v) is 4.35. The standard InChI is InChI=1S/C30H23N5O2/c31-17-19-5-3-6-20(15-19)30(36)35-22-13-11-21(12-14-22)34-28-16-26(32-18-33-28)25-9-4-8-24-23-7-1-2-10-27(23)37-29(24)25/h1-16,18H,17,31H2,(H,35,36)(H,32,33,34). The Hall–Kier alpha value is -5.01. The van der Waals surface area contributed by atoms with Gasteiger partial charge in [-0.25, -0.2) is 9.97 Å². The number of amides is 1. The highest BCUT2D eigenvalue weighted by Crippen LogP contribution is 2.35. The summed E-state index contributed by atoms with van der Waals surface area (Å²) in [5.74, 6) is 0.463. The normalized spacial score (nSPS) is 11.1. The third-order valence-corrected chi connectivity index (χ3v) is 6.19. The van der Waals surface area contributed by atoms with Gasteiger partial charge in [-0.3, -0.25) is 4.79 Å². The van der Waals surface area contributed by atoms with Crippen LogP contribution in [0.25, 0.3) is 33.2 Å². The van der Waals surface area contributed by atoms with Crippen molar-refractivity contribution in [3.63, 3.8) is 0 Å². The molecule has 37 heavy (non-hydrogen) atoms. The van der Waals surface area contributed by atoms with E-state index in [1.807, 2.05) is 72.8 Å². The summed E-state index contributed by atoms with van der Waals surface area (Å²) < 4.78 is 6.16. The van der Waals surface area contributed by atoms with Crippen LogP contribution in [0, 0.1) is 0 Å². The lowest BCUT2D eigenvalue weighted by molar-refractivity contribution is 0.102. The van der Waals surface area contributed by atoms with Crippen LogP contribution in [-0.2, 0) is 6.54 Å². The van der Waals surface area contributed by atoms with Crippen LogP contribution in [0.4, 0.5) is 17.2 Å². The van der Waals surface area contributed by atoms with Gasteiger partial charge in [-0.05, 0) is 54.1 Å². The van der Waals surface area contributed by atoms with Crippen molar-refractivity contribution >= 4 is 45.0 Å². The summed E-state index contributed by atoms with van der Waals surface area (Å²) in [6.45, 7) is 0.389. The number of hydrogen-bond donors (Lipinski definition) is 3. The minimum Gasteiger partial charge on any atom is -0.455 e. The van der Waals surface area contributed by atoms with E-state index in [1.165, 1.54) is 6.33 Å². The molecule has 7 nitrogen and oxygen atoms in total. The Bertz CT molecular complexity index is 1740. The lowest BCUT2D eigenvalue weighted by Gasteiger charge is -2.10. The Labute approximate surface area is 213 Å². The smallest absolute Gasteiger partial charge is 0.255 e. The molecule has 0 spiro atoms. The van der Waals surface area contributed by atoms with Crippen molar-refractivity contribution in [1.82, 2.24) is 9.97 Å². The van der Waals surface area contributed by atoms with Crippen LogP contribution < -0.4 is 16.4 Å². The molecule has 0 aliphatic rings. The molecule has 4 N–H and O–H groups in total. The van der Waals surface area contributed by atoms with Crippen LogP contribution in [0.5, 0.6) is 0 Å². The first kappa shape index (κ1) is 22.5. The minimum atomic E-state index is -0.184. The Morgan fingerprint density at radius 1 is 0.811 bits per heavy atom. The van der Waals surface area contributed by atoms with E-state index in [0.717, 1.165) is 44.4 Å².